The molecule has 0 fully saturated rings. The minimum atomic E-state index is -1.65. The summed E-state index contributed by atoms with van der Waals surface area (Å²) in [6, 6.07) is 0. The molecule has 0 aliphatic heterocycles. The minimum Gasteiger partial charge on any atom is -0.406 e. The van der Waals surface area contributed by atoms with Gasteiger partial charge < -0.3 is 4.43 Å². The first-order valence-electron chi connectivity index (χ1n) is 2.74. The molecule has 0 saturated carbocycles. The molecule has 46 valence electrons. The summed E-state index contributed by atoms with van der Waals surface area (Å²) >= 11 is 0. The van der Waals surface area contributed by atoms with Crippen LogP contribution in [-0.2, 0) is 4.43 Å². The SMILES string of the molecule is C#C[Si](C)(C)OCC. The van der Waals surface area contributed by atoms with Crippen molar-refractivity contribution in [3.8, 4) is 12.0 Å². The number of terminal acetylenes is 1. The molecule has 2 heteroatoms. The minimum absolute atomic E-state index is 0.740. The lowest BCUT2D eigenvalue weighted by atomic mass is 10.9. The van der Waals surface area contributed by atoms with Crippen LogP contribution in [0.15, 0.2) is 0 Å². The summed E-state index contributed by atoms with van der Waals surface area (Å²) in [4.78, 5) is 0. The van der Waals surface area contributed by atoms with Crippen LogP contribution in [-0.4, -0.2) is 14.9 Å². The molecule has 0 aromatic carbocycles. The van der Waals surface area contributed by atoms with Crippen LogP contribution in [0.4, 0.5) is 0 Å². The Labute approximate surface area is 52.2 Å². The Hall–Kier alpha value is -0.263. The fourth-order valence-electron chi connectivity index (χ4n) is 0.403. The van der Waals surface area contributed by atoms with Crippen molar-refractivity contribution >= 4 is 8.32 Å². The van der Waals surface area contributed by atoms with E-state index in [0.717, 1.165) is 6.61 Å². The summed E-state index contributed by atoms with van der Waals surface area (Å²) in [5, 5.41) is 0. The third kappa shape index (κ3) is 2.84. The van der Waals surface area contributed by atoms with Gasteiger partial charge in [0.1, 0.15) is 0 Å². The van der Waals surface area contributed by atoms with E-state index in [-0.39, 0.29) is 0 Å². The standard InChI is InChI=1S/C6H12OSi/c1-5-7-8(3,4)6-2/h2H,5H2,1,3-4H3. The number of hydrogen-bond acceptors (Lipinski definition) is 1. The first kappa shape index (κ1) is 7.74. The van der Waals surface area contributed by atoms with Gasteiger partial charge in [-0.3, -0.25) is 0 Å². The van der Waals surface area contributed by atoms with Gasteiger partial charge in [0, 0.05) is 6.61 Å². The molecule has 0 aromatic heterocycles. The van der Waals surface area contributed by atoms with Crippen LogP contribution in [0.1, 0.15) is 6.92 Å². The second-order valence-corrected chi connectivity index (χ2v) is 5.69. The van der Waals surface area contributed by atoms with Crippen molar-refractivity contribution in [2.75, 3.05) is 6.61 Å². The molecule has 0 N–H and O–H groups in total. The van der Waals surface area contributed by atoms with Crippen molar-refractivity contribution < 1.29 is 4.43 Å². The Morgan fingerprint density at radius 1 is 1.62 bits per heavy atom. The largest absolute Gasteiger partial charge is 0.406 e. The molecule has 0 heterocycles. The zero-order valence-corrected chi connectivity index (χ0v) is 6.69. The molecule has 0 radical (unpaired) electrons. The zero-order valence-electron chi connectivity index (χ0n) is 5.69. The quantitative estimate of drug-likeness (QED) is 0.403. The van der Waals surface area contributed by atoms with Crippen molar-refractivity contribution in [1.82, 2.24) is 0 Å². The summed E-state index contributed by atoms with van der Waals surface area (Å²) in [6.07, 6.45) is 5.18. The molecular formula is C6H12OSi. The van der Waals surface area contributed by atoms with Gasteiger partial charge in [0.05, 0.1) is 0 Å². The van der Waals surface area contributed by atoms with Crippen LogP contribution >= 0.6 is 0 Å². The second-order valence-electron chi connectivity index (χ2n) is 2.09. The van der Waals surface area contributed by atoms with E-state index in [0.29, 0.717) is 0 Å². The normalized spacial score (nSPS) is 10.8. The average molecular weight is 128 g/mol. The van der Waals surface area contributed by atoms with Crippen LogP contribution in [0.2, 0.25) is 13.1 Å². The van der Waals surface area contributed by atoms with Gasteiger partial charge in [-0.1, -0.05) is 0 Å². The van der Waals surface area contributed by atoms with E-state index in [9.17, 15) is 0 Å². The maximum Gasteiger partial charge on any atom is 0.265 e. The fourth-order valence-corrected chi connectivity index (χ4v) is 1.21. The fraction of sp³-hybridized carbons (Fsp3) is 0.667. The van der Waals surface area contributed by atoms with Gasteiger partial charge in [-0.05, 0) is 20.0 Å². The number of rotatable bonds is 2. The van der Waals surface area contributed by atoms with Gasteiger partial charge in [0.15, 0.2) is 0 Å². The first-order chi connectivity index (χ1) is 3.62. The Morgan fingerprint density at radius 3 is 2.25 bits per heavy atom. The molecule has 0 aromatic rings. The van der Waals surface area contributed by atoms with E-state index >= 15 is 0 Å². The predicted molar refractivity (Wildman–Crippen MR) is 37.9 cm³/mol. The molecule has 0 unspecified atom stereocenters. The van der Waals surface area contributed by atoms with Crippen LogP contribution in [0.25, 0.3) is 0 Å². The van der Waals surface area contributed by atoms with Gasteiger partial charge >= 0.3 is 0 Å². The van der Waals surface area contributed by atoms with Crippen LogP contribution < -0.4 is 0 Å². The zero-order chi connectivity index (χ0) is 6.62. The molecule has 0 spiro atoms. The van der Waals surface area contributed by atoms with E-state index in [1.807, 2.05) is 20.0 Å². The third-order valence-corrected chi connectivity index (χ3v) is 2.56. The molecule has 0 atom stereocenters. The topological polar surface area (TPSA) is 9.23 Å². The van der Waals surface area contributed by atoms with E-state index in [4.69, 9.17) is 10.8 Å². The van der Waals surface area contributed by atoms with E-state index in [2.05, 4.69) is 5.54 Å². The summed E-state index contributed by atoms with van der Waals surface area (Å²) < 4.78 is 5.28. The monoisotopic (exact) mass is 128 g/mol. The molecule has 0 bridgehead atoms. The van der Waals surface area contributed by atoms with Crippen molar-refractivity contribution in [3.05, 3.63) is 0 Å². The molecule has 8 heavy (non-hydrogen) atoms. The predicted octanol–water partition coefficient (Wildman–Crippen LogP) is 1.40. The van der Waals surface area contributed by atoms with Gasteiger partial charge in [-0.25, -0.2) is 0 Å². The van der Waals surface area contributed by atoms with Crippen LogP contribution in [0.3, 0.4) is 0 Å². The Morgan fingerprint density at radius 2 is 2.12 bits per heavy atom. The number of hydrogen-bond donors (Lipinski definition) is 0. The lowest BCUT2D eigenvalue weighted by Gasteiger charge is -2.12. The molecule has 0 saturated heterocycles. The van der Waals surface area contributed by atoms with E-state index in [1.54, 1.807) is 0 Å². The van der Waals surface area contributed by atoms with Gasteiger partial charge in [0.2, 0.25) is 0 Å². The summed E-state index contributed by atoms with van der Waals surface area (Å²) in [6.45, 7) is 6.72. The first-order valence-corrected chi connectivity index (χ1v) is 5.65. The summed E-state index contributed by atoms with van der Waals surface area (Å²) in [5.41, 5.74) is 2.66. The average Bonchev–Trinajstić information content (AvgIpc) is 1.67. The van der Waals surface area contributed by atoms with E-state index < -0.39 is 8.32 Å². The third-order valence-electron chi connectivity index (χ3n) is 0.853. The van der Waals surface area contributed by atoms with Crippen LogP contribution in [0.5, 0.6) is 0 Å². The Bertz CT molecular complexity index is 102. The lowest BCUT2D eigenvalue weighted by Crippen LogP contribution is -2.27. The summed E-state index contributed by atoms with van der Waals surface area (Å²) in [7, 11) is -1.65. The second kappa shape index (κ2) is 2.90. The molecule has 0 aliphatic rings. The highest BCUT2D eigenvalue weighted by Gasteiger charge is 2.16. The smallest absolute Gasteiger partial charge is 0.265 e. The Kier molecular flexibility index (Phi) is 2.81. The van der Waals surface area contributed by atoms with Gasteiger partial charge in [-0.2, -0.15) is 0 Å². The maximum absolute atomic E-state index is 5.28. The van der Waals surface area contributed by atoms with Crippen molar-refractivity contribution in [2.24, 2.45) is 0 Å². The molecule has 1 nitrogen and oxygen atoms in total. The highest BCUT2D eigenvalue weighted by molar-refractivity contribution is 6.79. The molecule has 0 amide bonds. The van der Waals surface area contributed by atoms with Gasteiger partial charge in [0.25, 0.3) is 8.32 Å². The maximum atomic E-state index is 5.28. The van der Waals surface area contributed by atoms with Crippen molar-refractivity contribution in [1.29, 1.82) is 0 Å². The van der Waals surface area contributed by atoms with Gasteiger partial charge in [-0.15, -0.1) is 12.0 Å². The Balaban J connectivity index is 3.59. The van der Waals surface area contributed by atoms with Crippen molar-refractivity contribution in [2.45, 2.75) is 20.0 Å². The lowest BCUT2D eigenvalue weighted by molar-refractivity contribution is 0.340. The van der Waals surface area contributed by atoms with Crippen LogP contribution in [0, 0.1) is 12.0 Å². The highest BCUT2D eigenvalue weighted by Crippen LogP contribution is 1.99. The molecular weight excluding hydrogens is 116 g/mol. The summed E-state index contributed by atoms with van der Waals surface area (Å²) in [5.74, 6) is 0. The molecule has 0 rings (SSSR count). The van der Waals surface area contributed by atoms with E-state index in [1.165, 1.54) is 0 Å². The molecule has 0 aliphatic carbocycles. The van der Waals surface area contributed by atoms with Crippen molar-refractivity contribution in [3.63, 3.8) is 0 Å². The highest BCUT2D eigenvalue weighted by atomic mass is 28.4.